The van der Waals surface area contributed by atoms with Gasteiger partial charge in [-0.2, -0.15) is 0 Å². The number of hydrogen-bond acceptors (Lipinski definition) is 3. The zero-order chi connectivity index (χ0) is 15.4. The van der Waals surface area contributed by atoms with E-state index in [1.165, 1.54) is 0 Å². The third-order valence-corrected chi connectivity index (χ3v) is 3.83. The molecule has 0 aliphatic heterocycles. The number of halogens is 2. The number of hydrogen-bond donors (Lipinski definition) is 1. The maximum Gasteiger partial charge on any atom is 0.161 e. The Morgan fingerprint density at radius 2 is 1.81 bits per heavy atom. The van der Waals surface area contributed by atoms with Crippen LogP contribution in [0.15, 0.2) is 36.4 Å². The van der Waals surface area contributed by atoms with Crippen LogP contribution in [-0.4, -0.2) is 7.11 Å². The molecule has 0 fully saturated rings. The summed E-state index contributed by atoms with van der Waals surface area (Å²) in [5.41, 5.74) is 7.79. The first-order valence-corrected chi connectivity index (χ1v) is 7.27. The lowest BCUT2D eigenvalue weighted by Gasteiger charge is -2.14. The summed E-state index contributed by atoms with van der Waals surface area (Å²) in [6.45, 7) is 2.30. The van der Waals surface area contributed by atoms with Gasteiger partial charge >= 0.3 is 0 Å². The Morgan fingerprint density at radius 1 is 1.05 bits per heavy atom. The molecule has 21 heavy (non-hydrogen) atoms. The molecule has 0 saturated heterocycles. The smallest absolute Gasteiger partial charge is 0.161 e. The predicted molar refractivity (Wildman–Crippen MR) is 86.4 cm³/mol. The molecule has 0 radical (unpaired) electrons. The number of ether oxygens (including phenoxy) is 2. The minimum absolute atomic E-state index is 0.0528. The molecule has 2 N–H and O–H groups in total. The van der Waals surface area contributed by atoms with E-state index in [2.05, 4.69) is 0 Å². The first kappa shape index (κ1) is 16.0. The molecular formula is C16H17Cl2NO2. The average molecular weight is 326 g/mol. The van der Waals surface area contributed by atoms with Gasteiger partial charge in [0, 0.05) is 6.04 Å². The van der Waals surface area contributed by atoms with E-state index in [1.807, 2.05) is 31.2 Å². The van der Waals surface area contributed by atoms with Crippen molar-refractivity contribution in [2.75, 3.05) is 7.11 Å². The topological polar surface area (TPSA) is 44.5 Å². The summed E-state index contributed by atoms with van der Waals surface area (Å²) in [7, 11) is 1.60. The number of methoxy groups -OCH3 is 1. The van der Waals surface area contributed by atoms with Crippen LogP contribution in [0.5, 0.6) is 11.5 Å². The quantitative estimate of drug-likeness (QED) is 0.873. The molecule has 0 spiro atoms. The minimum Gasteiger partial charge on any atom is -0.493 e. The second-order valence-corrected chi connectivity index (χ2v) is 5.55. The molecule has 2 aromatic rings. The molecule has 2 aromatic carbocycles. The van der Waals surface area contributed by atoms with Crippen LogP contribution in [-0.2, 0) is 6.61 Å². The largest absolute Gasteiger partial charge is 0.493 e. The van der Waals surface area contributed by atoms with Crippen LogP contribution in [0.3, 0.4) is 0 Å². The molecule has 0 aliphatic rings. The average Bonchev–Trinajstić information content (AvgIpc) is 2.48. The summed E-state index contributed by atoms with van der Waals surface area (Å²) in [5.74, 6) is 1.32. The van der Waals surface area contributed by atoms with Gasteiger partial charge in [-0.1, -0.05) is 35.3 Å². The van der Waals surface area contributed by atoms with Crippen LogP contribution in [0, 0.1) is 0 Å². The molecule has 0 saturated carbocycles. The van der Waals surface area contributed by atoms with Gasteiger partial charge in [-0.05, 0) is 42.3 Å². The molecule has 2 rings (SSSR count). The minimum atomic E-state index is -0.0528. The molecule has 0 bridgehead atoms. The van der Waals surface area contributed by atoms with E-state index in [0.717, 1.165) is 11.1 Å². The first-order chi connectivity index (χ1) is 10.0. The summed E-state index contributed by atoms with van der Waals surface area (Å²) in [6.07, 6.45) is 0. The number of nitrogens with two attached hydrogens (primary N) is 1. The fourth-order valence-electron chi connectivity index (χ4n) is 1.88. The van der Waals surface area contributed by atoms with Gasteiger partial charge in [-0.3, -0.25) is 0 Å². The normalized spacial score (nSPS) is 12.0. The Morgan fingerprint density at radius 3 is 2.43 bits per heavy atom. The van der Waals surface area contributed by atoms with E-state index in [-0.39, 0.29) is 6.04 Å². The van der Waals surface area contributed by atoms with E-state index in [0.29, 0.717) is 28.2 Å². The third kappa shape index (κ3) is 4.03. The van der Waals surface area contributed by atoms with Gasteiger partial charge in [-0.25, -0.2) is 0 Å². The fraction of sp³-hybridized carbons (Fsp3) is 0.250. The summed E-state index contributed by atoms with van der Waals surface area (Å²) >= 11 is 11.9. The standard InChI is InChI=1S/C16H17Cl2NO2/c1-10(19)12-4-6-15(16(8-12)20-2)21-9-11-3-5-13(17)14(18)7-11/h3-8,10H,9,19H2,1-2H3. The zero-order valence-electron chi connectivity index (χ0n) is 11.9. The van der Waals surface area contributed by atoms with Gasteiger partial charge in [0.25, 0.3) is 0 Å². The van der Waals surface area contributed by atoms with Gasteiger partial charge in [0.05, 0.1) is 17.2 Å². The van der Waals surface area contributed by atoms with E-state index >= 15 is 0 Å². The van der Waals surface area contributed by atoms with Crippen molar-refractivity contribution >= 4 is 23.2 Å². The van der Waals surface area contributed by atoms with Crippen LogP contribution < -0.4 is 15.2 Å². The second kappa shape index (κ2) is 7.03. The highest BCUT2D eigenvalue weighted by Crippen LogP contribution is 2.31. The van der Waals surface area contributed by atoms with Crippen LogP contribution in [0.1, 0.15) is 24.1 Å². The molecule has 5 heteroatoms. The Labute approximate surface area is 134 Å². The van der Waals surface area contributed by atoms with Crippen molar-refractivity contribution < 1.29 is 9.47 Å². The maximum atomic E-state index is 5.98. The van der Waals surface area contributed by atoms with Crippen LogP contribution in [0.2, 0.25) is 10.0 Å². The van der Waals surface area contributed by atoms with Gasteiger partial charge < -0.3 is 15.2 Å². The van der Waals surface area contributed by atoms with E-state index in [9.17, 15) is 0 Å². The third-order valence-electron chi connectivity index (χ3n) is 3.09. The molecule has 1 unspecified atom stereocenters. The highest BCUT2D eigenvalue weighted by atomic mass is 35.5. The van der Waals surface area contributed by atoms with Crippen LogP contribution in [0.4, 0.5) is 0 Å². The van der Waals surface area contributed by atoms with Crippen molar-refractivity contribution in [2.45, 2.75) is 19.6 Å². The monoisotopic (exact) mass is 325 g/mol. The highest BCUT2D eigenvalue weighted by Gasteiger charge is 2.09. The molecule has 3 nitrogen and oxygen atoms in total. The van der Waals surface area contributed by atoms with Crippen molar-refractivity contribution in [2.24, 2.45) is 5.73 Å². The Bertz CT molecular complexity index is 630. The van der Waals surface area contributed by atoms with Gasteiger partial charge in [0.15, 0.2) is 11.5 Å². The molecule has 0 aromatic heterocycles. The van der Waals surface area contributed by atoms with Crippen molar-refractivity contribution in [3.63, 3.8) is 0 Å². The predicted octanol–water partition coefficient (Wildman–Crippen LogP) is 4.60. The van der Waals surface area contributed by atoms with Gasteiger partial charge in [-0.15, -0.1) is 0 Å². The van der Waals surface area contributed by atoms with E-state index in [4.69, 9.17) is 38.4 Å². The van der Waals surface area contributed by atoms with Crippen LogP contribution in [0.25, 0.3) is 0 Å². The molecular weight excluding hydrogens is 309 g/mol. The lowest BCUT2D eigenvalue weighted by Crippen LogP contribution is -2.05. The first-order valence-electron chi connectivity index (χ1n) is 6.51. The van der Waals surface area contributed by atoms with Crippen molar-refractivity contribution in [1.82, 2.24) is 0 Å². The fourth-order valence-corrected chi connectivity index (χ4v) is 2.20. The Hall–Kier alpha value is -1.42. The molecule has 0 aliphatic carbocycles. The van der Waals surface area contributed by atoms with Crippen LogP contribution >= 0.6 is 23.2 Å². The molecule has 0 heterocycles. The molecule has 0 amide bonds. The Kier molecular flexibility index (Phi) is 5.34. The zero-order valence-corrected chi connectivity index (χ0v) is 13.4. The van der Waals surface area contributed by atoms with Gasteiger partial charge in [0.1, 0.15) is 6.61 Å². The lowest BCUT2D eigenvalue weighted by molar-refractivity contribution is 0.284. The second-order valence-electron chi connectivity index (χ2n) is 4.74. The molecule has 1 atom stereocenters. The summed E-state index contributed by atoms with van der Waals surface area (Å²) < 4.78 is 11.1. The summed E-state index contributed by atoms with van der Waals surface area (Å²) in [4.78, 5) is 0. The van der Waals surface area contributed by atoms with Crippen molar-refractivity contribution in [3.8, 4) is 11.5 Å². The summed E-state index contributed by atoms with van der Waals surface area (Å²) in [6, 6.07) is 11.0. The SMILES string of the molecule is COc1cc(C(C)N)ccc1OCc1ccc(Cl)c(Cl)c1. The van der Waals surface area contributed by atoms with Gasteiger partial charge in [0.2, 0.25) is 0 Å². The number of rotatable bonds is 5. The maximum absolute atomic E-state index is 5.98. The van der Waals surface area contributed by atoms with E-state index in [1.54, 1.807) is 19.2 Å². The lowest BCUT2D eigenvalue weighted by atomic mass is 10.1. The van der Waals surface area contributed by atoms with E-state index < -0.39 is 0 Å². The summed E-state index contributed by atoms with van der Waals surface area (Å²) in [5, 5.41) is 1.04. The van der Waals surface area contributed by atoms with Crippen molar-refractivity contribution in [1.29, 1.82) is 0 Å². The van der Waals surface area contributed by atoms with Crippen molar-refractivity contribution in [3.05, 3.63) is 57.6 Å². The highest BCUT2D eigenvalue weighted by molar-refractivity contribution is 6.42. The number of benzene rings is 2. The molecule has 112 valence electrons. The Balaban J connectivity index is 2.13.